The molecule has 0 fully saturated rings. The van der Waals surface area contributed by atoms with Crippen molar-refractivity contribution in [3.63, 3.8) is 0 Å². The van der Waals surface area contributed by atoms with Crippen LogP contribution in [-0.2, 0) is 17.8 Å². The number of hydrogen-bond acceptors (Lipinski definition) is 3. The minimum absolute atomic E-state index is 0.104. The van der Waals surface area contributed by atoms with Crippen molar-refractivity contribution in [2.24, 2.45) is 0 Å². The van der Waals surface area contributed by atoms with Gasteiger partial charge in [-0.1, -0.05) is 25.1 Å². The van der Waals surface area contributed by atoms with Crippen LogP contribution in [-0.4, -0.2) is 15.6 Å². The number of carboxylic acid groups (broad SMARTS) is 1. The van der Waals surface area contributed by atoms with Crippen LogP contribution in [0.4, 0.5) is 0 Å². The molecular weight excluding hydrogens is 274 g/mol. The Morgan fingerprint density at radius 3 is 2.80 bits per heavy atom. The average Bonchev–Trinajstić information content (AvgIpc) is 2.73. The molecule has 0 spiro atoms. The molecule has 0 atom stereocenters. The van der Waals surface area contributed by atoms with E-state index in [1.54, 1.807) is 22.0 Å². The molecule has 0 unspecified atom stereocenters. The van der Waals surface area contributed by atoms with Gasteiger partial charge in [0.05, 0.1) is 10.2 Å². The van der Waals surface area contributed by atoms with E-state index in [2.05, 4.69) is 0 Å². The van der Waals surface area contributed by atoms with Crippen molar-refractivity contribution < 1.29 is 9.90 Å². The second-order valence-corrected chi connectivity index (χ2v) is 5.74. The highest BCUT2D eigenvalue weighted by Crippen LogP contribution is 2.31. The second-order valence-electron chi connectivity index (χ2n) is 4.61. The molecule has 0 aliphatic rings. The lowest BCUT2D eigenvalue weighted by Crippen LogP contribution is -2.13. The molecule has 0 amide bonds. The largest absolute Gasteiger partial charge is 0.480 e. The number of carbonyl (C=O) groups is 1. The van der Waals surface area contributed by atoms with Gasteiger partial charge in [0.2, 0.25) is 5.43 Å². The molecule has 3 rings (SSSR count). The molecule has 0 aliphatic carbocycles. The molecule has 0 aliphatic heterocycles. The van der Waals surface area contributed by atoms with Crippen LogP contribution < -0.4 is 5.43 Å². The maximum Gasteiger partial charge on any atom is 0.323 e. The Hall–Kier alpha value is -2.14. The molecule has 1 N–H and O–H groups in total. The van der Waals surface area contributed by atoms with E-state index in [0.717, 1.165) is 26.9 Å². The maximum atomic E-state index is 12.3. The number of nitrogens with zero attached hydrogens (tertiary/aromatic N) is 1. The van der Waals surface area contributed by atoms with Gasteiger partial charge >= 0.3 is 5.97 Å². The van der Waals surface area contributed by atoms with Crippen molar-refractivity contribution in [3.8, 4) is 0 Å². The predicted octanol–water partition coefficient (Wildman–Crippen LogP) is 2.86. The molecular formula is C15H13NO3S. The van der Waals surface area contributed by atoms with Crippen molar-refractivity contribution in [2.45, 2.75) is 19.9 Å². The zero-order chi connectivity index (χ0) is 14.3. The van der Waals surface area contributed by atoms with Crippen LogP contribution in [0.15, 0.2) is 35.1 Å². The summed E-state index contributed by atoms with van der Waals surface area (Å²) in [6.07, 6.45) is 0.800. The Balaban J connectivity index is 2.51. The molecule has 0 radical (unpaired) electrons. The third-order valence-electron chi connectivity index (χ3n) is 3.32. The van der Waals surface area contributed by atoms with Crippen LogP contribution >= 0.6 is 11.3 Å². The lowest BCUT2D eigenvalue weighted by Gasteiger charge is -2.02. The SMILES string of the molecule is CCc1cc(=O)c2c(s1)c1ccccc1n2CC(=O)O. The average molecular weight is 287 g/mol. The van der Waals surface area contributed by atoms with Crippen LogP contribution in [0, 0.1) is 0 Å². The molecule has 102 valence electrons. The van der Waals surface area contributed by atoms with Gasteiger partial charge in [-0.2, -0.15) is 0 Å². The fourth-order valence-electron chi connectivity index (χ4n) is 2.47. The maximum absolute atomic E-state index is 12.3. The van der Waals surface area contributed by atoms with Crippen molar-refractivity contribution >= 4 is 38.4 Å². The zero-order valence-corrected chi connectivity index (χ0v) is 11.7. The van der Waals surface area contributed by atoms with E-state index >= 15 is 0 Å². The third-order valence-corrected chi connectivity index (χ3v) is 4.61. The summed E-state index contributed by atoms with van der Waals surface area (Å²) in [5.74, 6) is -0.948. The van der Waals surface area contributed by atoms with E-state index in [4.69, 9.17) is 5.11 Å². The van der Waals surface area contributed by atoms with E-state index in [0.29, 0.717) is 5.52 Å². The van der Waals surface area contributed by atoms with Gasteiger partial charge < -0.3 is 9.67 Å². The van der Waals surface area contributed by atoms with E-state index in [1.807, 2.05) is 31.2 Å². The Morgan fingerprint density at radius 2 is 2.10 bits per heavy atom. The van der Waals surface area contributed by atoms with Crippen molar-refractivity contribution in [2.75, 3.05) is 0 Å². The summed E-state index contributed by atoms with van der Waals surface area (Å²) in [5, 5.41) is 10.0. The number of benzene rings is 1. The van der Waals surface area contributed by atoms with Crippen LogP contribution in [0.2, 0.25) is 0 Å². The van der Waals surface area contributed by atoms with Gasteiger partial charge in [-0.3, -0.25) is 9.59 Å². The first kappa shape index (κ1) is 12.9. The molecule has 5 heteroatoms. The van der Waals surface area contributed by atoms with E-state index in [9.17, 15) is 9.59 Å². The van der Waals surface area contributed by atoms with Gasteiger partial charge in [0.15, 0.2) is 0 Å². The summed E-state index contributed by atoms with van der Waals surface area (Å²) < 4.78 is 2.48. The summed E-state index contributed by atoms with van der Waals surface area (Å²) in [5.41, 5.74) is 1.19. The van der Waals surface area contributed by atoms with Gasteiger partial charge in [0.25, 0.3) is 0 Å². The summed E-state index contributed by atoms with van der Waals surface area (Å²) >= 11 is 1.56. The second kappa shape index (κ2) is 4.76. The topological polar surface area (TPSA) is 59.3 Å². The molecule has 0 saturated carbocycles. The van der Waals surface area contributed by atoms with Crippen LogP contribution in [0.1, 0.15) is 11.8 Å². The highest BCUT2D eigenvalue weighted by Gasteiger charge is 2.16. The summed E-state index contributed by atoms with van der Waals surface area (Å²) in [6.45, 7) is 1.81. The van der Waals surface area contributed by atoms with Gasteiger partial charge in [-0.05, 0) is 12.5 Å². The van der Waals surface area contributed by atoms with Gasteiger partial charge in [-0.25, -0.2) is 0 Å². The van der Waals surface area contributed by atoms with Gasteiger partial charge in [0, 0.05) is 16.3 Å². The van der Waals surface area contributed by atoms with E-state index in [1.165, 1.54) is 0 Å². The highest BCUT2D eigenvalue weighted by atomic mass is 32.1. The minimum Gasteiger partial charge on any atom is -0.480 e. The number of rotatable bonds is 3. The summed E-state index contributed by atoms with van der Waals surface area (Å²) in [7, 11) is 0. The molecule has 0 saturated heterocycles. The zero-order valence-electron chi connectivity index (χ0n) is 10.9. The quantitative estimate of drug-likeness (QED) is 0.805. The number of aryl methyl sites for hydroxylation is 1. The Labute approximate surface area is 118 Å². The number of para-hydroxylation sites is 1. The van der Waals surface area contributed by atoms with Crippen molar-refractivity contribution in [1.29, 1.82) is 0 Å². The number of fused-ring (bicyclic) bond motifs is 3. The van der Waals surface area contributed by atoms with E-state index < -0.39 is 5.97 Å². The smallest absolute Gasteiger partial charge is 0.323 e. The molecule has 0 bridgehead atoms. The summed E-state index contributed by atoms with van der Waals surface area (Å²) in [4.78, 5) is 24.4. The first-order chi connectivity index (χ1) is 9.61. The molecule has 3 aromatic rings. The van der Waals surface area contributed by atoms with E-state index in [-0.39, 0.29) is 12.0 Å². The molecule has 4 nitrogen and oxygen atoms in total. The third kappa shape index (κ3) is 1.91. The monoisotopic (exact) mass is 287 g/mol. The number of carboxylic acids is 1. The van der Waals surface area contributed by atoms with Crippen LogP contribution in [0.25, 0.3) is 21.1 Å². The number of aromatic nitrogens is 1. The summed E-state index contributed by atoms with van der Waals surface area (Å²) in [6, 6.07) is 9.17. The van der Waals surface area contributed by atoms with Gasteiger partial charge in [-0.15, -0.1) is 11.3 Å². The molecule has 20 heavy (non-hydrogen) atoms. The van der Waals surface area contributed by atoms with Gasteiger partial charge in [0.1, 0.15) is 12.1 Å². The first-order valence-electron chi connectivity index (χ1n) is 6.37. The fraction of sp³-hybridized carbons (Fsp3) is 0.200. The van der Waals surface area contributed by atoms with Crippen LogP contribution in [0.5, 0.6) is 0 Å². The predicted molar refractivity (Wildman–Crippen MR) is 80.6 cm³/mol. The minimum atomic E-state index is -0.948. The Morgan fingerprint density at radius 1 is 1.35 bits per heavy atom. The van der Waals surface area contributed by atoms with Crippen LogP contribution in [0.3, 0.4) is 0 Å². The molecule has 1 aromatic carbocycles. The highest BCUT2D eigenvalue weighted by molar-refractivity contribution is 7.19. The number of aliphatic carboxylic acids is 1. The van der Waals surface area contributed by atoms with Crippen molar-refractivity contribution in [1.82, 2.24) is 4.57 Å². The Kier molecular flexibility index (Phi) is 3.06. The molecule has 2 aromatic heterocycles. The standard InChI is InChI=1S/C15H13NO3S/c1-2-9-7-12(17)14-15(20-9)10-5-3-4-6-11(10)16(14)8-13(18)19/h3-7H,2,8H2,1H3,(H,18,19). The lowest BCUT2D eigenvalue weighted by molar-refractivity contribution is -0.137. The fourth-order valence-corrected chi connectivity index (χ4v) is 3.63. The normalized spacial score (nSPS) is 11.2. The van der Waals surface area contributed by atoms with Crippen molar-refractivity contribution in [3.05, 3.63) is 45.4 Å². The molecule has 2 heterocycles. The number of hydrogen-bond donors (Lipinski definition) is 1. The Bertz CT molecular complexity index is 876. The lowest BCUT2D eigenvalue weighted by atomic mass is 10.2. The first-order valence-corrected chi connectivity index (χ1v) is 7.19.